The van der Waals surface area contributed by atoms with Crippen LogP contribution in [0.15, 0.2) is 40.9 Å². The van der Waals surface area contributed by atoms with E-state index in [1.165, 1.54) is 5.56 Å². The zero-order valence-corrected chi connectivity index (χ0v) is 13.6. The first-order valence-electron chi connectivity index (χ1n) is 6.59. The Hall–Kier alpha value is -1.32. The zero-order valence-electron chi connectivity index (χ0n) is 12.0. The van der Waals surface area contributed by atoms with Gasteiger partial charge in [-0.05, 0) is 42.7 Å². The van der Waals surface area contributed by atoms with Crippen molar-refractivity contribution in [2.24, 2.45) is 0 Å². The van der Waals surface area contributed by atoms with Crippen LogP contribution in [0.2, 0.25) is 0 Å². The maximum atomic E-state index is 10.5. The van der Waals surface area contributed by atoms with Crippen molar-refractivity contribution in [3.05, 3.63) is 63.1 Å². The lowest BCUT2D eigenvalue weighted by Crippen LogP contribution is -2.06. The molecule has 20 heavy (non-hydrogen) atoms. The van der Waals surface area contributed by atoms with Gasteiger partial charge in [0.15, 0.2) is 0 Å². The molecule has 2 rings (SSSR count). The molecule has 106 valence electrons. The van der Waals surface area contributed by atoms with E-state index < -0.39 is 6.10 Å². The fraction of sp³-hybridized carbons (Fsp3) is 0.294. The van der Waals surface area contributed by atoms with Crippen molar-refractivity contribution in [1.29, 1.82) is 0 Å². The molecule has 0 aliphatic rings. The van der Waals surface area contributed by atoms with Crippen LogP contribution in [-0.2, 0) is 6.42 Å². The number of benzene rings is 2. The fourth-order valence-corrected chi connectivity index (χ4v) is 2.56. The Labute approximate surface area is 128 Å². The standard InChI is InChI=1S/C17H19BrO2/c1-11-4-9-15(17(20-3)12(11)2)16(19)10-13-5-7-14(18)8-6-13/h4-9,16,19H,10H2,1-3H3. The predicted octanol–water partition coefficient (Wildman–Crippen LogP) is 4.35. The molecule has 0 spiro atoms. The van der Waals surface area contributed by atoms with E-state index >= 15 is 0 Å². The van der Waals surface area contributed by atoms with Crippen LogP contribution in [-0.4, -0.2) is 12.2 Å². The van der Waals surface area contributed by atoms with Crippen molar-refractivity contribution in [1.82, 2.24) is 0 Å². The van der Waals surface area contributed by atoms with Gasteiger partial charge in [-0.25, -0.2) is 0 Å². The third-order valence-electron chi connectivity index (χ3n) is 3.61. The molecule has 0 aliphatic heterocycles. The highest BCUT2D eigenvalue weighted by Gasteiger charge is 2.16. The summed E-state index contributed by atoms with van der Waals surface area (Å²) in [5, 5.41) is 10.5. The number of aryl methyl sites for hydroxylation is 1. The van der Waals surface area contributed by atoms with E-state index in [2.05, 4.69) is 15.9 Å². The summed E-state index contributed by atoms with van der Waals surface area (Å²) < 4.78 is 6.51. The Morgan fingerprint density at radius 2 is 1.75 bits per heavy atom. The van der Waals surface area contributed by atoms with Gasteiger partial charge in [0.05, 0.1) is 13.2 Å². The molecule has 0 heterocycles. The Morgan fingerprint density at radius 1 is 1.10 bits per heavy atom. The van der Waals surface area contributed by atoms with E-state index in [0.717, 1.165) is 26.9 Å². The number of halogens is 1. The van der Waals surface area contributed by atoms with Crippen LogP contribution in [0.25, 0.3) is 0 Å². The van der Waals surface area contributed by atoms with Gasteiger partial charge >= 0.3 is 0 Å². The maximum Gasteiger partial charge on any atom is 0.127 e. The second-order valence-corrected chi connectivity index (χ2v) is 5.89. The number of aliphatic hydroxyl groups is 1. The molecule has 0 amide bonds. The third kappa shape index (κ3) is 3.22. The van der Waals surface area contributed by atoms with Gasteiger partial charge < -0.3 is 9.84 Å². The lowest BCUT2D eigenvalue weighted by atomic mass is 9.96. The predicted molar refractivity (Wildman–Crippen MR) is 85.3 cm³/mol. The second-order valence-electron chi connectivity index (χ2n) is 4.98. The molecule has 2 aromatic rings. The minimum Gasteiger partial charge on any atom is -0.496 e. The van der Waals surface area contributed by atoms with Crippen LogP contribution in [0.4, 0.5) is 0 Å². The topological polar surface area (TPSA) is 29.5 Å². The Balaban J connectivity index is 2.27. The Kier molecular flexibility index (Phi) is 4.84. The van der Waals surface area contributed by atoms with Crippen molar-refractivity contribution in [3.63, 3.8) is 0 Å². The van der Waals surface area contributed by atoms with Crippen molar-refractivity contribution in [2.75, 3.05) is 7.11 Å². The molecule has 1 unspecified atom stereocenters. The van der Waals surface area contributed by atoms with Gasteiger partial charge in [0, 0.05) is 16.5 Å². The van der Waals surface area contributed by atoms with Crippen LogP contribution < -0.4 is 4.74 Å². The van der Waals surface area contributed by atoms with E-state index in [1.807, 2.05) is 50.2 Å². The van der Waals surface area contributed by atoms with Gasteiger partial charge in [-0.2, -0.15) is 0 Å². The minimum absolute atomic E-state index is 0.564. The molecule has 3 heteroatoms. The Morgan fingerprint density at radius 3 is 2.35 bits per heavy atom. The molecular weight excluding hydrogens is 316 g/mol. The van der Waals surface area contributed by atoms with E-state index in [1.54, 1.807) is 7.11 Å². The van der Waals surface area contributed by atoms with Gasteiger partial charge in [-0.3, -0.25) is 0 Å². The van der Waals surface area contributed by atoms with Gasteiger partial charge in [-0.15, -0.1) is 0 Å². The largest absolute Gasteiger partial charge is 0.496 e. The average Bonchev–Trinajstić information content (AvgIpc) is 2.44. The molecule has 0 saturated carbocycles. The van der Waals surface area contributed by atoms with E-state index in [-0.39, 0.29) is 0 Å². The molecule has 0 radical (unpaired) electrons. The number of aliphatic hydroxyl groups excluding tert-OH is 1. The summed E-state index contributed by atoms with van der Waals surface area (Å²) in [6.07, 6.45) is 0.0111. The van der Waals surface area contributed by atoms with E-state index in [4.69, 9.17) is 4.74 Å². The summed E-state index contributed by atoms with van der Waals surface area (Å²) in [6.45, 7) is 4.06. The van der Waals surface area contributed by atoms with Crippen LogP contribution in [0.3, 0.4) is 0 Å². The molecule has 0 saturated heterocycles. The fourth-order valence-electron chi connectivity index (χ4n) is 2.30. The summed E-state index contributed by atoms with van der Waals surface area (Å²) in [4.78, 5) is 0. The molecule has 0 aliphatic carbocycles. The van der Waals surface area contributed by atoms with Gasteiger partial charge in [0.2, 0.25) is 0 Å². The maximum absolute atomic E-state index is 10.5. The highest BCUT2D eigenvalue weighted by atomic mass is 79.9. The number of ether oxygens (including phenoxy) is 1. The molecule has 2 nitrogen and oxygen atoms in total. The van der Waals surface area contributed by atoms with Crippen LogP contribution >= 0.6 is 15.9 Å². The first-order valence-corrected chi connectivity index (χ1v) is 7.39. The molecule has 1 atom stereocenters. The van der Waals surface area contributed by atoms with Crippen molar-refractivity contribution in [3.8, 4) is 5.75 Å². The zero-order chi connectivity index (χ0) is 14.7. The molecular formula is C17H19BrO2. The quantitative estimate of drug-likeness (QED) is 0.900. The molecule has 2 aromatic carbocycles. The monoisotopic (exact) mass is 334 g/mol. The SMILES string of the molecule is COc1c(C(O)Cc2ccc(Br)cc2)ccc(C)c1C. The van der Waals surface area contributed by atoms with Crippen LogP contribution in [0, 0.1) is 13.8 Å². The summed E-state index contributed by atoms with van der Waals surface area (Å²) >= 11 is 3.41. The highest BCUT2D eigenvalue weighted by Crippen LogP contribution is 2.32. The number of hydrogen-bond donors (Lipinski definition) is 1. The number of hydrogen-bond acceptors (Lipinski definition) is 2. The Bertz CT molecular complexity index is 591. The number of methoxy groups -OCH3 is 1. The minimum atomic E-state index is -0.564. The summed E-state index contributed by atoms with van der Waals surface area (Å²) in [7, 11) is 1.65. The molecule has 0 fully saturated rings. The van der Waals surface area contributed by atoms with E-state index in [0.29, 0.717) is 6.42 Å². The highest BCUT2D eigenvalue weighted by molar-refractivity contribution is 9.10. The summed E-state index contributed by atoms with van der Waals surface area (Å²) in [6, 6.07) is 12.0. The summed E-state index contributed by atoms with van der Waals surface area (Å²) in [5.74, 6) is 0.787. The summed E-state index contributed by atoms with van der Waals surface area (Å²) in [5.41, 5.74) is 4.20. The van der Waals surface area contributed by atoms with Crippen molar-refractivity contribution < 1.29 is 9.84 Å². The van der Waals surface area contributed by atoms with Crippen molar-refractivity contribution in [2.45, 2.75) is 26.4 Å². The van der Waals surface area contributed by atoms with Gasteiger partial charge in [0.1, 0.15) is 5.75 Å². The molecule has 0 bridgehead atoms. The number of rotatable bonds is 4. The lowest BCUT2D eigenvalue weighted by Gasteiger charge is -2.18. The third-order valence-corrected chi connectivity index (χ3v) is 4.14. The van der Waals surface area contributed by atoms with Gasteiger partial charge in [0.25, 0.3) is 0 Å². The van der Waals surface area contributed by atoms with Crippen molar-refractivity contribution >= 4 is 15.9 Å². The average molecular weight is 335 g/mol. The van der Waals surface area contributed by atoms with E-state index in [9.17, 15) is 5.11 Å². The first kappa shape index (κ1) is 15.1. The molecule has 1 N–H and O–H groups in total. The molecule has 0 aromatic heterocycles. The first-order chi connectivity index (χ1) is 9.52. The van der Waals surface area contributed by atoms with Crippen LogP contribution in [0.5, 0.6) is 5.75 Å². The normalized spacial score (nSPS) is 12.2. The van der Waals surface area contributed by atoms with Crippen LogP contribution in [0.1, 0.15) is 28.4 Å². The second kappa shape index (κ2) is 6.42. The van der Waals surface area contributed by atoms with Gasteiger partial charge in [-0.1, -0.05) is 40.2 Å². The smallest absolute Gasteiger partial charge is 0.127 e. The lowest BCUT2D eigenvalue weighted by molar-refractivity contribution is 0.174.